The molecule has 0 atom stereocenters. The average Bonchev–Trinajstić information content (AvgIpc) is 3.12. The Morgan fingerprint density at radius 1 is 0.560 bits per heavy atom. The number of pyridine rings is 2. The van der Waals surface area contributed by atoms with E-state index in [2.05, 4.69) is 161 Å². The first-order valence-electron chi connectivity index (χ1n) is 17.5. The maximum absolute atomic E-state index is 4.91. The summed E-state index contributed by atoms with van der Waals surface area (Å²) in [5, 5.41) is 5.15. The summed E-state index contributed by atoms with van der Waals surface area (Å²) in [5.41, 5.74) is 6.30. The predicted octanol–water partition coefficient (Wildman–Crippen LogP) is 7.86. The lowest BCUT2D eigenvalue weighted by Crippen LogP contribution is -2.35. The van der Waals surface area contributed by atoms with Crippen LogP contribution in [-0.4, -0.2) is 76.8 Å². The van der Waals surface area contributed by atoms with Crippen LogP contribution in [0.15, 0.2) is 133 Å². The van der Waals surface area contributed by atoms with Gasteiger partial charge in [-0.3, -0.25) is 24.8 Å². The molecule has 0 radical (unpaired) electrons. The highest BCUT2D eigenvalue weighted by Gasteiger charge is 2.13. The number of rotatable bonds is 14. The minimum absolute atomic E-state index is 0.781. The molecule has 0 aliphatic rings. The Bertz CT molecular complexity index is 1930. The molecule has 0 saturated carbocycles. The molecule has 0 N–H and O–H groups in total. The highest BCUT2D eigenvalue weighted by atomic mass is 15.3. The Hall–Kier alpha value is -5.11. The zero-order chi connectivity index (χ0) is 34.7. The van der Waals surface area contributed by atoms with Gasteiger partial charge in [-0.05, 0) is 86.6 Å². The summed E-state index contributed by atoms with van der Waals surface area (Å²) < 4.78 is 0. The van der Waals surface area contributed by atoms with Gasteiger partial charge in [-0.25, -0.2) is 0 Å². The van der Waals surface area contributed by atoms with Gasteiger partial charge in [0, 0.05) is 92.6 Å². The van der Waals surface area contributed by atoms with Gasteiger partial charge in [0.15, 0.2) is 5.96 Å². The number of hydrogen-bond donors (Lipinski definition) is 0. The van der Waals surface area contributed by atoms with E-state index in [4.69, 9.17) is 4.99 Å². The third-order valence-electron chi connectivity index (χ3n) is 9.01. The van der Waals surface area contributed by atoms with Crippen LogP contribution in [0, 0.1) is 0 Å². The Balaban J connectivity index is 1.19. The molecule has 0 spiro atoms. The molecule has 0 aliphatic heterocycles. The first kappa shape index (κ1) is 34.7. The van der Waals surface area contributed by atoms with Crippen molar-refractivity contribution in [2.75, 3.05) is 41.3 Å². The Morgan fingerprint density at radius 2 is 1.22 bits per heavy atom. The molecule has 6 aromatic rings. The third kappa shape index (κ3) is 9.53. The summed E-state index contributed by atoms with van der Waals surface area (Å²) in [5.74, 6) is 0.997. The van der Waals surface area contributed by atoms with E-state index in [-0.39, 0.29) is 0 Å². The van der Waals surface area contributed by atoms with Gasteiger partial charge in [-0.2, -0.15) is 0 Å². The molecule has 6 rings (SSSR count). The summed E-state index contributed by atoms with van der Waals surface area (Å²) in [6, 6.07) is 39.6. The third-order valence-corrected chi connectivity index (χ3v) is 9.01. The lowest BCUT2D eigenvalue weighted by Gasteiger charge is -2.25. The second kappa shape index (κ2) is 17.0. The summed E-state index contributed by atoms with van der Waals surface area (Å²) in [6.07, 6.45) is 6.59. The van der Waals surface area contributed by atoms with Gasteiger partial charge in [0.25, 0.3) is 0 Å². The number of aromatic nitrogens is 2. The molecule has 2 heterocycles. The topological polar surface area (TPSA) is 51.1 Å². The second-order valence-electron chi connectivity index (χ2n) is 13.5. The van der Waals surface area contributed by atoms with Crippen molar-refractivity contribution in [2.45, 2.75) is 39.1 Å². The van der Waals surface area contributed by atoms with E-state index in [9.17, 15) is 0 Å². The molecule has 0 amide bonds. The molecule has 2 aromatic heterocycles. The molecular weight excluding hydrogens is 615 g/mol. The molecule has 7 nitrogen and oxygen atoms in total. The van der Waals surface area contributed by atoms with Crippen LogP contribution < -0.4 is 0 Å². The Kier molecular flexibility index (Phi) is 11.8. The quantitative estimate of drug-likeness (QED) is 0.0672. The lowest BCUT2D eigenvalue weighted by molar-refractivity contribution is 0.244. The van der Waals surface area contributed by atoms with Gasteiger partial charge < -0.3 is 9.80 Å². The van der Waals surface area contributed by atoms with E-state index in [0.717, 1.165) is 63.9 Å². The smallest absolute Gasteiger partial charge is 0.195 e. The fourth-order valence-electron chi connectivity index (χ4n) is 6.73. The monoisotopic (exact) mass is 663 g/mol. The summed E-state index contributed by atoms with van der Waals surface area (Å²) in [7, 11) is 8.20. The van der Waals surface area contributed by atoms with Crippen LogP contribution in [0.5, 0.6) is 0 Å². The molecule has 4 aromatic carbocycles. The molecular formula is C43H49N7. The van der Waals surface area contributed by atoms with Crippen molar-refractivity contribution in [1.82, 2.24) is 29.6 Å². The highest BCUT2D eigenvalue weighted by Crippen LogP contribution is 2.24. The van der Waals surface area contributed by atoms with Crippen LogP contribution in [-0.2, 0) is 32.7 Å². The largest absolute Gasteiger partial charge is 0.349 e. The number of fused-ring (bicyclic) bond motifs is 2. The van der Waals surface area contributed by atoms with Crippen molar-refractivity contribution < 1.29 is 0 Å². The van der Waals surface area contributed by atoms with E-state index < -0.39 is 0 Å². The molecule has 0 fully saturated rings. The Labute approximate surface area is 297 Å². The van der Waals surface area contributed by atoms with Crippen molar-refractivity contribution in [3.63, 3.8) is 0 Å². The van der Waals surface area contributed by atoms with Crippen LogP contribution in [0.2, 0.25) is 0 Å². The summed E-state index contributed by atoms with van der Waals surface area (Å²) in [6.45, 7) is 5.96. The van der Waals surface area contributed by atoms with Gasteiger partial charge in [0.2, 0.25) is 0 Å². The molecule has 7 heteroatoms. The van der Waals surface area contributed by atoms with Gasteiger partial charge in [0.1, 0.15) is 0 Å². The first-order valence-corrected chi connectivity index (χ1v) is 17.5. The van der Waals surface area contributed by atoms with Crippen LogP contribution in [0.25, 0.3) is 21.5 Å². The number of aliphatic imine (C=N–C) groups is 1. The fourth-order valence-corrected chi connectivity index (χ4v) is 6.73. The maximum Gasteiger partial charge on any atom is 0.195 e. The lowest BCUT2D eigenvalue weighted by atomic mass is 10.0. The maximum atomic E-state index is 4.91. The van der Waals surface area contributed by atoms with Gasteiger partial charge in [-0.15, -0.1) is 0 Å². The second-order valence-corrected chi connectivity index (χ2v) is 13.5. The van der Waals surface area contributed by atoms with Crippen molar-refractivity contribution in [1.29, 1.82) is 0 Å². The van der Waals surface area contributed by atoms with E-state index >= 15 is 0 Å². The van der Waals surface area contributed by atoms with Crippen molar-refractivity contribution >= 4 is 27.5 Å². The van der Waals surface area contributed by atoms with E-state index in [0.29, 0.717) is 0 Å². The van der Waals surface area contributed by atoms with E-state index in [1.54, 1.807) is 0 Å². The van der Waals surface area contributed by atoms with Gasteiger partial charge in [0.05, 0.1) is 5.69 Å². The summed E-state index contributed by atoms with van der Waals surface area (Å²) in [4.78, 5) is 22.9. The Morgan fingerprint density at radius 3 is 1.92 bits per heavy atom. The molecule has 50 heavy (non-hydrogen) atoms. The standard InChI is InChI=1S/C43H49N7/c1-47(2)43(48(3)4)46-23-10-26-49(32-40-13-9-12-37-11-5-6-15-42(37)40)30-35-16-18-39-28-36(17-19-38(39)27-35)31-50(29-34-20-24-44-25-21-34)33-41-14-7-8-22-45-41/h5-9,11-22,24-25,27-28H,10,23,26,29-33H2,1-4H3. The highest BCUT2D eigenvalue weighted by molar-refractivity contribution is 5.86. The van der Waals surface area contributed by atoms with Crippen LogP contribution >= 0.6 is 0 Å². The van der Waals surface area contributed by atoms with Crippen LogP contribution in [0.3, 0.4) is 0 Å². The molecule has 0 unspecified atom stereocenters. The van der Waals surface area contributed by atoms with Gasteiger partial charge >= 0.3 is 0 Å². The van der Waals surface area contributed by atoms with Crippen LogP contribution in [0.1, 0.15) is 34.4 Å². The fraction of sp³-hybridized carbons (Fsp3) is 0.279. The number of nitrogens with zero attached hydrogens (tertiary/aromatic N) is 7. The number of hydrogen-bond acceptors (Lipinski definition) is 5. The molecule has 0 aliphatic carbocycles. The zero-order valence-electron chi connectivity index (χ0n) is 29.9. The molecule has 256 valence electrons. The van der Waals surface area contributed by atoms with Crippen molar-refractivity contribution in [3.05, 3.63) is 156 Å². The average molecular weight is 664 g/mol. The minimum Gasteiger partial charge on any atom is -0.349 e. The number of guanidine groups is 1. The molecule has 0 bridgehead atoms. The predicted molar refractivity (Wildman–Crippen MR) is 208 cm³/mol. The van der Waals surface area contributed by atoms with Crippen LogP contribution in [0.4, 0.5) is 0 Å². The summed E-state index contributed by atoms with van der Waals surface area (Å²) >= 11 is 0. The molecule has 0 saturated heterocycles. The minimum atomic E-state index is 0.781. The first-order chi connectivity index (χ1) is 24.4. The van der Waals surface area contributed by atoms with Crippen molar-refractivity contribution in [3.8, 4) is 0 Å². The zero-order valence-corrected chi connectivity index (χ0v) is 29.9. The van der Waals surface area contributed by atoms with E-state index in [1.165, 1.54) is 43.8 Å². The van der Waals surface area contributed by atoms with E-state index in [1.807, 2.05) is 24.7 Å². The SMILES string of the molecule is CN(C)C(=NCCCN(Cc1ccc2cc(CN(Cc3ccncc3)Cc3ccccn3)ccc2c1)Cc1cccc2ccccc12)N(C)C. The van der Waals surface area contributed by atoms with Gasteiger partial charge in [-0.1, -0.05) is 72.8 Å². The normalized spacial score (nSPS) is 11.4. The number of benzene rings is 4. The van der Waals surface area contributed by atoms with Crippen molar-refractivity contribution in [2.24, 2.45) is 4.99 Å².